The third kappa shape index (κ3) is 56.7. The Morgan fingerprint density at radius 2 is 1.02 bits per heavy atom. The van der Waals surface area contributed by atoms with E-state index in [1.54, 1.807) is 41.9 Å². The van der Waals surface area contributed by atoms with Crippen molar-refractivity contribution in [2.75, 3.05) is 27.9 Å². The summed E-state index contributed by atoms with van der Waals surface area (Å²) in [6.45, 7) is 38.3. The number of halogens is 4. The highest BCUT2D eigenvalue weighted by molar-refractivity contribution is 7.65. The van der Waals surface area contributed by atoms with E-state index in [2.05, 4.69) is 52.6 Å². The van der Waals surface area contributed by atoms with Crippen LogP contribution in [0.1, 0.15) is 48.5 Å². The fourth-order valence-electron chi connectivity index (χ4n) is 3.00. The van der Waals surface area contributed by atoms with E-state index < -0.39 is 32.9 Å². The molecule has 0 aliphatic carbocycles. The molecule has 21 heteroatoms. The molecule has 0 aliphatic heterocycles. The van der Waals surface area contributed by atoms with Gasteiger partial charge in [-0.15, -0.1) is 44.3 Å². The summed E-state index contributed by atoms with van der Waals surface area (Å²) in [4.78, 5) is 64.8. The maximum Gasteiger partial charge on any atom is 0.348 e. The zero-order valence-electron chi connectivity index (χ0n) is 37.6. The van der Waals surface area contributed by atoms with Gasteiger partial charge < -0.3 is 22.1 Å². The van der Waals surface area contributed by atoms with E-state index in [4.69, 9.17) is 66.4 Å². The summed E-state index contributed by atoms with van der Waals surface area (Å²) in [7, 11) is -0.725. The van der Waals surface area contributed by atoms with Crippen molar-refractivity contribution >= 4 is 131 Å². The topological polar surface area (TPSA) is 149 Å². The Bertz CT molecular complexity index is 1330. The lowest BCUT2D eigenvalue weighted by Crippen LogP contribution is -2.27. The van der Waals surface area contributed by atoms with Crippen LogP contribution in [0.4, 0.5) is 0 Å². The maximum absolute atomic E-state index is 11.3. The van der Waals surface area contributed by atoms with Crippen molar-refractivity contribution in [1.82, 2.24) is 0 Å². The summed E-state index contributed by atoms with van der Waals surface area (Å²) >= 11 is 21.9. The summed E-state index contributed by atoms with van der Waals surface area (Å²) in [6, 6.07) is -0.0400. The average Bonchev–Trinajstić information content (AvgIpc) is 3.14. The van der Waals surface area contributed by atoms with E-state index in [9.17, 15) is 28.8 Å². The molecule has 0 saturated heterocycles. The van der Waals surface area contributed by atoms with E-state index in [-0.39, 0.29) is 65.9 Å². The van der Waals surface area contributed by atoms with Crippen LogP contribution in [0.5, 0.6) is 0 Å². The molecule has 0 aromatic rings. The van der Waals surface area contributed by atoms with Crippen molar-refractivity contribution in [2.24, 2.45) is 0 Å². The summed E-state index contributed by atoms with van der Waals surface area (Å²) < 4.78 is 25.8. The molecule has 0 heterocycles. The second kappa shape index (κ2) is 44.8. The first-order valence-electron chi connectivity index (χ1n) is 18.7. The highest BCUT2D eigenvalue weighted by atomic mass is 35.8. The fraction of sp³-hybridized carbons (Fsp3) is 0.526. The van der Waals surface area contributed by atoms with Gasteiger partial charge >= 0.3 is 24.6 Å². The Morgan fingerprint density at radius 3 is 1.24 bits per heavy atom. The SMILES string of the molecule is C=C(C)C(=O)C[SiH2]C.C=C(C)C(=O)C[SiH](Cl)OC.C=C(C)C(=O)C[SiH](OC)OC(C)C.C=C(C)C(=O)C[SiH](OC)OCC.C=CC(=O)C[SiH2]C.C=CC(=O)C[Si](Cl)(Cl)Cl. The predicted molar refractivity (Wildman–Crippen MR) is 267 cm³/mol. The standard InChI is InChI=1S/C9H18O3Si.C8H16O3Si.C6H11ClO2Si.C6H12OSi.C5H10OSi.C4H5Cl3OSi/c1-7(2)9(10)6-13(11-5)12-8(3)4;1-5-11-12(10-4)6-8(9)7(2)3;1-5(2)6(8)4-10(7)9-3;1-5(2)6(7)4-8-3;1-3-5(6)4-7-2;1-2-4(8)3-9(5,6)7/h8,13H,1,6H2,2-5H3;12H,2,5-6H2,1,3-4H3;10H,1,4H2,2-3H3;1,4,8H2,2-3H3;3H,1,4,7H2,2H3;2H,1,3H2. The lowest BCUT2D eigenvalue weighted by molar-refractivity contribution is -0.114. The van der Waals surface area contributed by atoms with Crippen LogP contribution in [0.2, 0.25) is 49.4 Å². The van der Waals surface area contributed by atoms with Gasteiger partial charge in [0.15, 0.2) is 34.7 Å². The molecule has 0 radical (unpaired) electrons. The molecule has 342 valence electrons. The first-order chi connectivity index (χ1) is 27.1. The second-order valence-corrected chi connectivity index (χ2v) is 32.1. The van der Waals surface area contributed by atoms with Gasteiger partial charge in [-0.05, 0) is 95.0 Å². The number of carbonyl (C=O) groups is 6. The molecule has 0 saturated carbocycles. The zero-order chi connectivity index (χ0) is 47.9. The third-order valence-electron chi connectivity index (χ3n) is 6.32. The number of hydrogen-bond donors (Lipinski definition) is 0. The van der Waals surface area contributed by atoms with Crippen molar-refractivity contribution in [3.8, 4) is 0 Å². The Labute approximate surface area is 385 Å². The second-order valence-electron chi connectivity index (χ2n) is 12.7. The van der Waals surface area contributed by atoms with Crippen molar-refractivity contribution < 1.29 is 50.9 Å². The molecule has 0 fully saturated rings. The quantitative estimate of drug-likeness (QED) is 0.0518. The Balaban J connectivity index is -0.000000145. The van der Waals surface area contributed by atoms with Crippen LogP contribution >= 0.6 is 44.3 Å². The molecular formula is C38H72Cl4O11Si6. The highest BCUT2D eigenvalue weighted by Crippen LogP contribution is 2.24. The average molecular weight is 1020 g/mol. The molecular weight excluding hydrogens is 943 g/mol. The number of hydrogen-bond acceptors (Lipinski definition) is 11. The first-order valence-corrected chi connectivity index (χ1v) is 35.3. The van der Waals surface area contributed by atoms with E-state index in [1.165, 1.54) is 13.2 Å². The Kier molecular flexibility index (Phi) is 52.7. The van der Waals surface area contributed by atoms with Gasteiger partial charge in [-0.3, -0.25) is 28.8 Å². The number of ketones is 6. The largest absolute Gasteiger partial charge is 0.408 e. The predicted octanol–water partition coefficient (Wildman–Crippen LogP) is 7.24. The molecule has 59 heavy (non-hydrogen) atoms. The minimum atomic E-state index is -2.75. The van der Waals surface area contributed by atoms with Gasteiger partial charge in [0.25, 0.3) is 8.35 Å². The van der Waals surface area contributed by atoms with Gasteiger partial charge in [0, 0.05) is 65.2 Å². The first kappa shape index (κ1) is 69.4. The van der Waals surface area contributed by atoms with Gasteiger partial charge in [-0.25, -0.2) is 0 Å². The number of allylic oxidation sites excluding steroid dienone is 6. The smallest absolute Gasteiger partial charge is 0.348 e. The van der Waals surface area contributed by atoms with Crippen molar-refractivity contribution in [1.29, 1.82) is 0 Å². The van der Waals surface area contributed by atoms with Crippen molar-refractivity contribution in [3.63, 3.8) is 0 Å². The molecule has 3 atom stereocenters. The molecule has 0 bridgehead atoms. The molecule has 0 N–H and O–H groups in total. The van der Waals surface area contributed by atoms with E-state index in [1.807, 2.05) is 20.8 Å². The number of Topliss-reactive ketones (excluding diaryl/α,β-unsaturated/α-hetero) is 4. The molecule has 0 amide bonds. The van der Waals surface area contributed by atoms with Crippen LogP contribution in [-0.4, -0.2) is 121 Å². The van der Waals surface area contributed by atoms with Crippen LogP contribution in [-0.2, 0) is 50.9 Å². The summed E-state index contributed by atoms with van der Waals surface area (Å²) in [6.07, 6.45) is 2.68. The third-order valence-corrected chi connectivity index (χ3v) is 16.4. The molecule has 0 spiro atoms. The monoisotopic (exact) mass is 1010 g/mol. The highest BCUT2D eigenvalue weighted by Gasteiger charge is 2.27. The summed E-state index contributed by atoms with van der Waals surface area (Å²) in [5.41, 5.74) is 2.40. The van der Waals surface area contributed by atoms with E-state index in [0.29, 0.717) is 47.0 Å². The zero-order valence-corrected chi connectivity index (χ0v) is 47.9. The molecule has 0 aromatic heterocycles. The van der Waals surface area contributed by atoms with Crippen LogP contribution < -0.4 is 0 Å². The van der Waals surface area contributed by atoms with Crippen LogP contribution in [0.25, 0.3) is 0 Å². The van der Waals surface area contributed by atoms with Crippen molar-refractivity contribution in [2.45, 2.75) is 104 Å². The van der Waals surface area contributed by atoms with Gasteiger partial charge in [-0.1, -0.05) is 52.6 Å². The van der Waals surface area contributed by atoms with Gasteiger partial charge in [-0.2, -0.15) is 0 Å². The molecule has 3 unspecified atom stereocenters. The van der Waals surface area contributed by atoms with Crippen LogP contribution in [0.15, 0.2) is 73.9 Å². The molecule has 0 rings (SSSR count). The minimum Gasteiger partial charge on any atom is -0.408 e. The van der Waals surface area contributed by atoms with Crippen LogP contribution in [0.3, 0.4) is 0 Å². The van der Waals surface area contributed by atoms with Crippen molar-refractivity contribution in [3.05, 3.63) is 73.9 Å². The number of rotatable bonds is 25. The number of carbonyl (C=O) groups excluding carboxylic acids is 6. The molecule has 0 aliphatic rings. The lowest BCUT2D eigenvalue weighted by atomic mass is 10.2. The molecule has 11 nitrogen and oxygen atoms in total. The van der Waals surface area contributed by atoms with Crippen LogP contribution in [0, 0.1) is 0 Å². The summed E-state index contributed by atoms with van der Waals surface area (Å²) in [5, 5.41) is 0. The summed E-state index contributed by atoms with van der Waals surface area (Å²) in [5.74, 6) is 0.338. The fourth-order valence-corrected chi connectivity index (χ4v) is 10.6. The normalized spacial score (nSPS) is 11.8. The van der Waals surface area contributed by atoms with Gasteiger partial charge in [0.1, 0.15) is 0 Å². The minimum absolute atomic E-state index is 0.00789. The molecule has 0 aromatic carbocycles. The van der Waals surface area contributed by atoms with Gasteiger partial charge in [0.05, 0.1) is 12.1 Å². The van der Waals surface area contributed by atoms with E-state index in [0.717, 1.165) is 18.2 Å². The van der Waals surface area contributed by atoms with Gasteiger partial charge in [0.2, 0.25) is 0 Å². The lowest BCUT2D eigenvalue weighted by Gasteiger charge is -2.16. The Morgan fingerprint density at radius 1 is 0.644 bits per heavy atom. The Hall–Kier alpha value is -1.28. The maximum atomic E-state index is 11.3. The van der Waals surface area contributed by atoms with E-state index >= 15 is 0 Å².